The molecular weight excluding hydrogens is 963 g/mol. The highest BCUT2D eigenvalue weighted by Gasteiger charge is 2.25. The number of hydrogen-bond donors (Lipinski definition) is 7. The van der Waals surface area contributed by atoms with Gasteiger partial charge in [0.05, 0.1) is 44.3 Å². The average Bonchev–Trinajstić information content (AvgIpc) is 3.25. The van der Waals surface area contributed by atoms with Gasteiger partial charge in [-0.2, -0.15) is 33.7 Å². The molecule has 28 heteroatoms. The lowest BCUT2D eigenvalue weighted by Crippen LogP contribution is -2.04. The Morgan fingerprint density at radius 2 is 1.07 bits per heavy atom. The number of benzene rings is 6. The molecule has 0 bridgehead atoms. The molecule has 0 amide bonds. The van der Waals surface area contributed by atoms with Gasteiger partial charge in [0.2, 0.25) is 0 Å². The summed E-state index contributed by atoms with van der Waals surface area (Å²) in [5, 5.41) is 45.7. The van der Waals surface area contributed by atoms with Crippen LogP contribution in [0.3, 0.4) is 0 Å². The average molecular weight is 988 g/mol. The van der Waals surface area contributed by atoms with E-state index in [1.165, 1.54) is 72.9 Å². The fourth-order valence-corrected chi connectivity index (χ4v) is 8.96. The number of carboxylic acid groups (broad SMARTS) is 1. The van der Waals surface area contributed by atoms with Gasteiger partial charge in [0.1, 0.15) is 38.1 Å². The van der Waals surface area contributed by atoms with E-state index in [-0.39, 0.29) is 71.5 Å². The van der Waals surface area contributed by atoms with E-state index in [4.69, 9.17) is 5.73 Å². The third-order valence-corrected chi connectivity index (χ3v) is 13.2. The predicted octanol–water partition coefficient (Wildman–Crippen LogP) is 8.31. The Bertz CT molecular complexity index is 4060. The number of aromatic nitrogens is 2. The normalized spacial score (nSPS) is 13.0. The Morgan fingerprint density at radius 1 is 0.522 bits per heavy atom. The van der Waals surface area contributed by atoms with Crippen LogP contribution in [0.4, 0.5) is 39.8 Å². The summed E-state index contributed by atoms with van der Waals surface area (Å²) in [6.45, 7) is 0. The highest BCUT2D eigenvalue weighted by Crippen LogP contribution is 2.45. The third-order valence-electron chi connectivity index (χ3n) is 9.74. The summed E-state index contributed by atoms with van der Waals surface area (Å²) in [6.07, 6.45) is 1.35. The van der Waals surface area contributed by atoms with Crippen LogP contribution in [-0.4, -0.2) is 78.0 Å². The first-order valence-corrected chi connectivity index (χ1v) is 24.0. The van der Waals surface area contributed by atoms with Crippen molar-refractivity contribution in [1.29, 1.82) is 0 Å². The zero-order valence-electron chi connectivity index (χ0n) is 33.0. The van der Waals surface area contributed by atoms with Crippen molar-refractivity contribution in [3.05, 3.63) is 109 Å². The first-order chi connectivity index (χ1) is 31.4. The molecule has 2 aromatic heterocycles. The monoisotopic (exact) mass is 987 g/mol. The third kappa shape index (κ3) is 9.21. The van der Waals surface area contributed by atoms with Gasteiger partial charge in [-0.15, -0.1) is 30.7 Å². The van der Waals surface area contributed by atoms with Crippen molar-refractivity contribution in [2.24, 2.45) is 30.7 Å². The number of hydrogen-bond acceptors (Lipinski definition) is 19. The first kappa shape index (κ1) is 45.7. The van der Waals surface area contributed by atoms with E-state index in [0.717, 1.165) is 30.3 Å². The number of carbonyl (C=O) groups is 1. The minimum absolute atomic E-state index is 0.00232. The molecule has 0 saturated carbocycles. The molecule has 340 valence electrons. The van der Waals surface area contributed by atoms with Gasteiger partial charge in [0.15, 0.2) is 5.75 Å². The van der Waals surface area contributed by atoms with E-state index < -0.39 is 78.3 Å². The predicted molar refractivity (Wildman–Crippen MR) is 236 cm³/mol. The summed E-state index contributed by atoms with van der Waals surface area (Å²) < 4.78 is 135. The lowest BCUT2D eigenvalue weighted by molar-refractivity contribution is 0.0690. The van der Waals surface area contributed by atoms with Crippen LogP contribution in [0.5, 0.6) is 5.75 Å². The summed E-state index contributed by atoms with van der Waals surface area (Å²) in [5.41, 5.74) is 4.48. The van der Waals surface area contributed by atoms with E-state index in [1.54, 1.807) is 0 Å². The van der Waals surface area contributed by atoms with Gasteiger partial charge in [-0.1, -0.05) is 6.07 Å². The molecule has 6 aromatic carbocycles. The molecule has 0 radical (unpaired) electrons. The minimum atomic E-state index is -5.25. The van der Waals surface area contributed by atoms with E-state index in [2.05, 4.69) is 40.7 Å². The maximum Gasteiger partial charge on any atom is 0.354 e. The number of phenolic OH excluding ortho intramolecular Hbond substituents is 1. The molecule has 0 spiro atoms. The molecule has 67 heavy (non-hydrogen) atoms. The van der Waals surface area contributed by atoms with Gasteiger partial charge in [0.25, 0.3) is 40.5 Å². The number of aromatic hydroxyl groups is 1. The number of nitrogens with zero attached hydrogens (tertiary/aromatic N) is 8. The maximum atomic E-state index is 12.5. The molecule has 8 aromatic rings. The summed E-state index contributed by atoms with van der Waals surface area (Å²) in [5.74, 6) is -2.34. The van der Waals surface area contributed by atoms with Crippen molar-refractivity contribution in [2.45, 2.75) is 19.6 Å². The van der Waals surface area contributed by atoms with Gasteiger partial charge in [-0.25, -0.2) is 9.78 Å². The van der Waals surface area contributed by atoms with E-state index in [0.29, 0.717) is 10.9 Å². The number of nitrogens with two attached hydrogens (primary N) is 1. The number of fused-ring (bicyclic) bond motifs is 4. The minimum Gasteiger partial charge on any atom is -0.505 e. The van der Waals surface area contributed by atoms with Crippen molar-refractivity contribution in [3.63, 3.8) is 0 Å². The largest absolute Gasteiger partial charge is 0.505 e. The standard InChI is InChI=1S/C39H25N9O15S4/c40-27-16-25-18(13-34(27)66(58,59)60)14-35(67(61,62)63)37(38(25)49)48-46-31-8-7-29(23-3-1-22(15-26(23)31)65(55,56)57)45-47-32-10-9-30(24-4-6-33(39(50)51)42-36(24)32)44-43-20-11-19-12-21(64(52,53)54)2-5-28(19)41-17-20/h1-17,49H,40H2,(H,50,51)(H,52,53,54)(H,55,56,57)(H,58,59,60)(H,61,62,63)/b44-43+,47-45+,48-46+. The topological polar surface area (TPSA) is 401 Å². The Hall–Kier alpha value is -7.83. The maximum absolute atomic E-state index is 12.5. The molecule has 24 nitrogen and oxygen atoms in total. The molecule has 0 aliphatic rings. The molecule has 8 N–H and O–H groups in total. The zero-order chi connectivity index (χ0) is 48.4. The molecule has 0 atom stereocenters. The highest BCUT2D eigenvalue weighted by molar-refractivity contribution is 7.86. The smallest absolute Gasteiger partial charge is 0.354 e. The fraction of sp³-hybridized carbons (Fsp3) is 0. The Balaban J connectivity index is 1.21. The number of phenols is 1. The number of nitrogen functional groups attached to an aromatic ring is 1. The Kier molecular flexibility index (Phi) is 11.3. The highest BCUT2D eigenvalue weighted by atomic mass is 32.2. The Morgan fingerprint density at radius 3 is 1.73 bits per heavy atom. The number of rotatable bonds is 11. The first-order valence-electron chi connectivity index (χ1n) is 18.2. The van der Waals surface area contributed by atoms with Crippen molar-refractivity contribution >= 4 is 130 Å². The molecule has 8 rings (SSSR count). The Labute approximate surface area is 375 Å². The summed E-state index contributed by atoms with van der Waals surface area (Å²) in [7, 11) is -19.5. The number of aromatic carboxylic acids is 1. The molecule has 2 heterocycles. The van der Waals surface area contributed by atoms with Crippen molar-refractivity contribution in [2.75, 3.05) is 5.73 Å². The second-order valence-corrected chi connectivity index (χ2v) is 19.7. The fourth-order valence-electron chi connectivity index (χ4n) is 6.65. The summed E-state index contributed by atoms with van der Waals surface area (Å²) in [6, 6.07) is 18.8. The number of anilines is 1. The lowest BCUT2D eigenvalue weighted by atomic mass is 10.1. The number of azo groups is 3. The second kappa shape index (κ2) is 16.6. The van der Waals surface area contributed by atoms with Gasteiger partial charge in [-0.05, 0) is 96.4 Å². The molecule has 0 aliphatic heterocycles. The second-order valence-electron chi connectivity index (χ2n) is 14.0. The number of carboxylic acids is 1. The van der Waals surface area contributed by atoms with E-state index in [9.17, 15) is 66.9 Å². The van der Waals surface area contributed by atoms with Crippen molar-refractivity contribution in [3.8, 4) is 5.75 Å². The molecular formula is C39H25N9O15S4. The van der Waals surface area contributed by atoms with Crippen LogP contribution in [-0.2, 0) is 40.5 Å². The van der Waals surface area contributed by atoms with Gasteiger partial charge >= 0.3 is 5.97 Å². The van der Waals surface area contributed by atoms with Crippen LogP contribution in [0.15, 0.2) is 154 Å². The van der Waals surface area contributed by atoms with Crippen LogP contribution in [0, 0.1) is 0 Å². The van der Waals surface area contributed by atoms with E-state index >= 15 is 0 Å². The van der Waals surface area contributed by atoms with Crippen LogP contribution in [0.2, 0.25) is 0 Å². The summed E-state index contributed by atoms with van der Waals surface area (Å²) >= 11 is 0. The quantitative estimate of drug-likeness (QED) is 0.0363. The van der Waals surface area contributed by atoms with E-state index in [1.807, 2.05) is 0 Å². The zero-order valence-corrected chi connectivity index (χ0v) is 36.2. The van der Waals surface area contributed by atoms with Gasteiger partial charge in [-0.3, -0.25) is 23.2 Å². The van der Waals surface area contributed by atoms with Crippen LogP contribution >= 0.6 is 0 Å². The lowest BCUT2D eigenvalue weighted by Gasteiger charge is -2.11. The van der Waals surface area contributed by atoms with Crippen LogP contribution < -0.4 is 5.73 Å². The summed E-state index contributed by atoms with van der Waals surface area (Å²) in [4.78, 5) is 17.5. The van der Waals surface area contributed by atoms with Crippen LogP contribution in [0.25, 0.3) is 43.4 Å². The van der Waals surface area contributed by atoms with Gasteiger partial charge in [0, 0.05) is 26.9 Å². The van der Waals surface area contributed by atoms with Crippen molar-refractivity contribution in [1.82, 2.24) is 9.97 Å². The van der Waals surface area contributed by atoms with Crippen LogP contribution in [0.1, 0.15) is 10.5 Å². The molecule has 0 saturated heterocycles. The molecule has 0 aliphatic carbocycles. The SMILES string of the molecule is Nc1cc2c(O)c(/N=N/c3ccc(/N=N/c4ccc(/N=N/c5cnc6ccc(S(=O)(=O)O)cc6c5)c5ccc(C(=O)O)nc45)c4ccc(S(=O)(=O)O)cc34)c(S(=O)(=O)O)cc2cc1S(=O)(=O)O. The van der Waals surface area contributed by atoms with Gasteiger partial charge < -0.3 is 15.9 Å². The number of pyridine rings is 2. The molecule has 0 unspecified atom stereocenters. The van der Waals surface area contributed by atoms with Crippen molar-refractivity contribution < 1.29 is 66.9 Å². The molecule has 0 fully saturated rings.